The number of nitrogens with one attached hydrogen (secondary N) is 1. The van der Waals surface area contributed by atoms with E-state index >= 15 is 0 Å². The molecule has 0 aliphatic carbocycles. The van der Waals surface area contributed by atoms with Gasteiger partial charge in [0, 0.05) is 23.3 Å². The maximum absolute atomic E-state index is 12.2. The summed E-state index contributed by atoms with van der Waals surface area (Å²) in [6.45, 7) is 5.79. The Morgan fingerprint density at radius 3 is 2.87 bits per heavy atom. The molecular formula is C17H19N3O3. The summed E-state index contributed by atoms with van der Waals surface area (Å²) in [6.07, 6.45) is 4.64. The number of amides is 1. The topological polar surface area (TPSA) is 75.3 Å². The molecule has 0 saturated carbocycles. The zero-order valence-corrected chi connectivity index (χ0v) is 13.4. The van der Waals surface area contributed by atoms with Crippen LogP contribution in [0.2, 0.25) is 0 Å². The Hall–Kier alpha value is -2.63. The number of ketones is 1. The first-order chi connectivity index (χ1) is 10.8. The van der Waals surface area contributed by atoms with Crippen molar-refractivity contribution in [3.8, 4) is 0 Å². The van der Waals surface area contributed by atoms with E-state index in [1.807, 2.05) is 18.3 Å². The summed E-state index contributed by atoms with van der Waals surface area (Å²) >= 11 is 0. The third-order valence-electron chi connectivity index (χ3n) is 3.49. The summed E-state index contributed by atoms with van der Waals surface area (Å²) in [6, 6.07) is 3.78. The van der Waals surface area contributed by atoms with Crippen LogP contribution in [0.15, 0.2) is 30.6 Å². The van der Waals surface area contributed by atoms with Gasteiger partial charge in [0.1, 0.15) is 11.2 Å². The van der Waals surface area contributed by atoms with Crippen LogP contribution in [-0.2, 0) is 9.53 Å². The molecule has 0 saturated heterocycles. The Labute approximate surface area is 134 Å². The lowest BCUT2D eigenvalue weighted by atomic mass is 10.0. The largest absolute Gasteiger partial charge is 0.444 e. The summed E-state index contributed by atoms with van der Waals surface area (Å²) in [5.41, 5.74) is 1.83. The molecule has 0 spiro atoms. The predicted molar refractivity (Wildman–Crippen MR) is 86.9 cm³/mol. The minimum absolute atomic E-state index is 0.0407. The molecule has 0 atom stereocenters. The van der Waals surface area contributed by atoms with Crippen molar-refractivity contribution in [2.45, 2.75) is 26.4 Å². The van der Waals surface area contributed by atoms with Gasteiger partial charge in [-0.3, -0.25) is 9.69 Å². The molecule has 2 aromatic heterocycles. The van der Waals surface area contributed by atoms with Crippen LogP contribution in [0.4, 0.5) is 4.79 Å². The molecule has 0 fully saturated rings. The normalized spacial score (nSPS) is 15.7. The Bertz CT molecular complexity index is 799. The van der Waals surface area contributed by atoms with Crippen LogP contribution in [0.5, 0.6) is 0 Å². The lowest BCUT2D eigenvalue weighted by molar-refractivity contribution is -0.116. The Kier molecular flexibility index (Phi) is 3.67. The van der Waals surface area contributed by atoms with Crippen molar-refractivity contribution in [3.05, 3.63) is 36.2 Å². The zero-order chi connectivity index (χ0) is 16.6. The van der Waals surface area contributed by atoms with Crippen LogP contribution < -0.4 is 0 Å². The van der Waals surface area contributed by atoms with Crippen molar-refractivity contribution in [2.75, 3.05) is 13.1 Å². The molecule has 1 aliphatic rings. The second-order valence-electron chi connectivity index (χ2n) is 6.57. The molecule has 1 N–H and O–H groups in total. The van der Waals surface area contributed by atoms with Crippen molar-refractivity contribution < 1.29 is 14.3 Å². The summed E-state index contributed by atoms with van der Waals surface area (Å²) in [4.78, 5) is 33.0. The van der Waals surface area contributed by atoms with Crippen LogP contribution in [-0.4, -0.2) is 45.4 Å². The standard InChI is InChI=1S/C17H19N3O3/c1-17(2,3)23-16(22)20-9-11(7-12(21)10-20)14-8-19-15-13(14)5-4-6-18-15/h4-8H,9-10H2,1-3H3,(H,18,19). The molecule has 6 heteroatoms. The number of H-pyrrole nitrogens is 1. The number of ether oxygens (including phenoxy) is 1. The second kappa shape index (κ2) is 5.53. The number of aromatic nitrogens is 2. The minimum atomic E-state index is -0.591. The van der Waals surface area contributed by atoms with E-state index in [9.17, 15) is 9.59 Å². The first-order valence-electron chi connectivity index (χ1n) is 7.47. The molecule has 0 aromatic carbocycles. The first kappa shape index (κ1) is 15.3. The van der Waals surface area contributed by atoms with E-state index in [0.29, 0.717) is 6.54 Å². The molecule has 3 rings (SSSR count). The smallest absolute Gasteiger partial charge is 0.411 e. The molecule has 3 heterocycles. The van der Waals surface area contributed by atoms with Crippen molar-refractivity contribution >= 4 is 28.5 Å². The highest BCUT2D eigenvalue weighted by Crippen LogP contribution is 2.27. The number of carbonyl (C=O) groups is 2. The fourth-order valence-corrected chi connectivity index (χ4v) is 2.58. The average Bonchev–Trinajstić information content (AvgIpc) is 2.88. The first-order valence-corrected chi connectivity index (χ1v) is 7.47. The highest BCUT2D eigenvalue weighted by Gasteiger charge is 2.28. The molecule has 23 heavy (non-hydrogen) atoms. The molecule has 6 nitrogen and oxygen atoms in total. The molecule has 0 radical (unpaired) electrons. The highest BCUT2D eigenvalue weighted by atomic mass is 16.6. The van der Waals surface area contributed by atoms with Gasteiger partial charge in [0.25, 0.3) is 0 Å². The van der Waals surface area contributed by atoms with Gasteiger partial charge in [-0.2, -0.15) is 0 Å². The third-order valence-corrected chi connectivity index (χ3v) is 3.49. The molecule has 1 aliphatic heterocycles. The van der Waals surface area contributed by atoms with Crippen LogP contribution in [0, 0.1) is 0 Å². The van der Waals surface area contributed by atoms with E-state index < -0.39 is 11.7 Å². The second-order valence-corrected chi connectivity index (χ2v) is 6.57. The number of hydrogen-bond donors (Lipinski definition) is 1. The minimum Gasteiger partial charge on any atom is -0.444 e. The fraction of sp³-hybridized carbons (Fsp3) is 0.353. The van der Waals surface area contributed by atoms with Gasteiger partial charge < -0.3 is 9.72 Å². The number of aromatic amines is 1. The highest BCUT2D eigenvalue weighted by molar-refractivity contribution is 6.05. The Morgan fingerprint density at radius 2 is 2.13 bits per heavy atom. The van der Waals surface area contributed by atoms with Crippen LogP contribution in [0.3, 0.4) is 0 Å². The van der Waals surface area contributed by atoms with E-state index in [0.717, 1.165) is 22.2 Å². The van der Waals surface area contributed by atoms with E-state index in [2.05, 4.69) is 9.97 Å². The number of pyridine rings is 1. The SMILES string of the molecule is CC(C)(C)OC(=O)N1CC(=O)C=C(c2c[nH]c3ncccc23)C1. The molecule has 1 amide bonds. The molecule has 120 valence electrons. The van der Waals surface area contributed by atoms with Gasteiger partial charge in [-0.05, 0) is 44.6 Å². The van der Waals surface area contributed by atoms with E-state index in [4.69, 9.17) is 4.74 Å². The van der Waals surface area contributed by atoms with Gasteiger partial charge in [-0.1, -0.05) is 0 Å². The van der Waals surface area contributed by atoms with Crippen molar-refractivity contribution in [1.29, 1.82) is 0 Å². The predicted octanol–water partition coefficient (Wildman–Crippen LogP) is 2.77. The van der Waals surface area contributed by atoms with Gasteiger partial charge >= 0.3 is 6.09 Å². The lowest BCUT2D eigenvalue weighted by Gasteiger charge is -2.29. The summed E-state index contributed by atoms with van der Waals surface area (Å²) in [7, 11) is 0. The summed E-state index contributed by atoms with van der Waals surface area (Å²) in [5.74, 6) is -0.115. The fourth-order valence-electron chi connectivity index (χ4n) is 2.58. The Balaban J connectivity index is 1.89. The molecule has 0 bridgehead atoms. The third kappa shape index (κ3) is 3.26. The Morgan fingerprint density at radius 1 is 1.35 bits per heavy atom. The van der Waals surface area contributed by atoms with Gasteiger partial charge in [0.05, 0.1) is 13.1 Å². The van der Waals surface area contributed by atoms with Crippen molar-refractivity contribution in [1.82, 2.24) is 14.9 Å². The van der Waals surface area contributed by atoms with Crippen LogP contribution >= 0.6 is 0 Å². The molecule has 0 unspecified atom stereocenters. The maximum atomic E-state index is 12.2. The van der Waals surface area contributed by atoms with Gasteiger partial charge in [0.2, 0.25) is 0 Å². The van der Waals surface area contributed by atoms with E-state index in [1.54, 1.807) is 33.0 Å². The van der Waals surface area contributed by atoms with E-state index in [-0.39, 0.29) is 12.3 Å². The summed E-state index contributed by atoms with van der Waals surface area (Å²) < 4.78 is 5.37. The van der Waals surface area contributed by atoms with Crippen molar-refractivity contribution in [2.24, 2.45) is 0 Å². The van der Waals surface area contributed by atoms with Gasteiger partial charge in [-0.15, -0.1) is 0 Å². The number of rotatable bonds is 1. The monoisotopic (exact) mass is 313 g/mol. The maximum Gasteiger partial charge on any atom is 0.411 e. The summed E-state index contributed by atoms with van der Waals surface area (Å²) in [5, 5.41) is 0.928. The number of carbonyl (C=O) groups excluding carboxylic acids is 2. The lowest BCUT2D eigenvalue weighted by Crippen LogP contribution is -2.42. The van der Waals surface area contributed by atoms with Crippen LogP contribution in [0.1, 0.15) is 26.3 Å². The quantitative estimate of drug-likeness (QED) is 0.878. The number of hydrogen-bond acceptors (Lipinski definition) is 4. The van der Waals surface area contributed by atoms with Crippen LogP contribution in [0.25, 0.3) is 16.6 Å². The number of fused-ring (bicyclic) bond motifs is 1. The zero-order valence-electron chi connectivity index (χ0n) is 13.4. The van der Waals surface area contributed by atoms with E-state index in [1.165, 1.54) is 4.90 Å². The van der Waals surface area contributed by atoms with Gasteiger partial charge in [0.15, 0.2) is 5.78 Å². The van der Waals surface area contributed by atoms with Crippen molar-refractivity contribution in [3.63, 3.8) is 0 Å². The molecule has 2 aromatic rings. The molecular weight excluding hydrogens is 294 g/mol. The van der Waals surface area contributed by atoms with Gasteiger partial charge in [-0.25, -0.2) is 9.78 Å². The number of nitrogens with zero attached hydrogens (tertiary/aromatic N) is 2. The average molecular weight is 313 g/mol.